The second-order valence-corrected chi connectivity index (χ2v) is 5.17. The predicted molar refractivity (Wildman–Crippen MR) is 69.5 cm³/mol. The summed E-state index contributed by atoms with van der Waals surface area (Å²) in [7, 11) is 0. The van der Waals surface area contributed by atoms with Crippen LogP contribution in [0.5, 0.6) is 5.75 Å². The molecule has 1 fully saturated rings. The highest BCUT2D eigenvalue weighted by molar-refractivity contribution is 5.26. The molecule has 0 amide bonds. The number of benzene rings is 1. The van der Waals surface area contributed by atoms with Gasteiger partial charge in [-0.1, -0.05) is 17.3 Å². The lowest BCUT2D eigenvalue weighted by molar-refractivity contribution is 0.349. The van der Waals surface area contributed by atoms with E-state index in [4.69, 9.17) is 10.3 Å². The Bertz CT molecular complexity index is 546. The first-order valence-corrected chi connectivity index (χ1v) is 6.56. The maximum atomic E-state index is 9.23. The topological polar surface area (TPSA) is 85.2 Å². The number of nitrogens with zero attached hydrogens (tertiary/aromatic N) is 2. The molecular formula is C14H17N3O2. The molecule has 0 spiro atoms. The van der Waals surface area contributed by atoms with E-state index in [0.717, 1.165) is 23.7 Å². The van der Waals surface area contributed by atoms with Crippen molar-refractivity contribution < 1.29 is 9.63 Å². The first-order chi connectivity index (χ1) is 9.20. The zero-order chi connectivity index (χ0) is 13.2. The maximum absolute atomic E-state index is 9.23. The molecule has 3 rings (SSSR count). The molecule has 2 aromatic rings. The number of rotatable bonds is 5. The third kappa shape index (κ3) is 3.12. The van der Waals surface area contributed by atoms with Crippen molar-refractivity contribution in [2.75, 3.05) is 0 Å². The molecule has 0 bridgehead atoms. The number of hydrogen-bond donors (Lipinski definition) is 2. The maximum Gasteiger partial charge on any atom is 0.243 e. The molecule has 0 radical (unpaired) electrons. The Kier molecular flexibility index (Phi) is 3.21. The third-order valence-electron chi connectivity index (χ3n) is 3.36. The lowest BCUT2D eigenvalue weighted by atomic mass is 10.1. The Morgan fingerprint density at radius 2 is 2.05 bits per heavy atom. The van der Waals surface area contributed by atoms with Crippen molar-refractivity contribution >= 4 is 0 Å². The van der Waals surface area contributed by atoms with Gasteiger partial charge in [0.1, 0.15) is 5.75 Å². The second kappa shape index (κ2) is 5.01. The SMILES string of the molecule is NC(Cc1ccc(O)cc1)c1nc(CC2CC2)no1. The molecule has 100 valence electrons. The minimum absolute atomic E-state index is 0.252. The van der Waals surface area contributed by atoms with E-state index in [0.29, 0.717) is 12.3 Å². The fourth-order valence-electron chi connectivity index (χ4n) is 2.05. The van der Waals surface area contributed by atoms with Crippen LogP contribution in [-0.2, 0) is 12.8 Å². The molecule has 3 N–H and O–H groups in total. The Hall–Kier alpha value is -1.88. The van der Waals surface area contributed by atoms with Gasteiger partial charge in [-0.15, -0.1) is 0 Å². The normalized spacial score (nSPS) is 16.5. The van der Waals surface area contributed by atoms with Crippen LogP contribution in [0.3, 0.4) is 0 Å². The zero-order valence-corrected chi connectivity index (χ0v) is 10.6. The summed E-state index contributed by atoms with van der Waals surface area (Å²) in [5.74, 6) is 2.24. The smallest absolute Gasteiger partial charge is 0.243 e. The highest BCUT2D eigenvalue weighted by Gasteiger charge is 2.25. The van der Waals surface area contributed by atoms with Crippen molar-refractivity contribution in [1.82, 2.24) is 10.1 Å². The van der Waals surface area contributed by atoms with Gasteiger partial charge in [0, 0.05) is 6.42 Å². The van der Waals surface area contributed by atoms with Crippen LogP contribution in [0.1, 0.15) is 36.2 Å². The first-order valence-electron chi connectivity index (χ1n) is 6.56. The fourth-order valence-corrected chi connectivity index (χ4v) is 2.05. The molecule has 1 aromatic carbocycles. The van der Waals surface area contributed by atoms with E-state index in [1.165, 1.54) is 12.8 Å². The summed E-state index contributed by atoms with van der Waals surface area (Å²) < 4.78 is 5.22. The molecule has 5 heteroatoms. The standard InChI is InChI=1S/C14H17N3O2/c15-12(7-9-3-5-11(18)6-4-9)14-16-13(17-19-14)8-10-1-2-10/h3-6,10,12,18H,1-2,7-8,15H2. The predicted octanol–water partition coefficient (Wildman–Crippen LogP) is 1.97. The van der Waals surface area contributed by atoms with E-state index in [9.17, 15) is 5.11 Å². The van der Waals surface area contributed by atoms with Gasteiger partial charge in [0.05, 0.1) is 6.04 Å². The van der Waals surface area contributed by atoms with Crippen LogP contribution in [0.4, 0.5) is 0 Å². The van der Waals surface area contributed by atoms with Crippen LogP contribution in [0.2, 0.25) is 0 Å². The summed E-state index contributed by atoms with van der Waals surface area (Å²) in [6, 6.07) is 6.68. The Labute approximate surface area is 111 Å². The van der Waals surface area contributed by atoms with Crippen molar-refractivity contribution in [3.8, 4) is 5.75 Å². The average Bonchev–Trinajstić information content (AvgIpc) is 3.08. The molecule has 5 nitrogen and oxygen atoms in total. The van der Waals surface area contributed by atoms with Crippen LogP contribution in [0.15, 0.2) is 28.8 Å². The second-order valence-electron chi connectivity index (χ2n) is 5.17. The Morgan fingerprint density at radius 1 is 1.32 bits per heavy atom. The molecule has 1 aliphatic carbocycles. The van der Waals surface area contributed by atoms with Crippen molar-refractivity contribution in [1.29, 1.82) is 0 Å². The van der Waals surface area contributed by atoms with E-state index >= 15 is 0 Å². The van der Waals surface area contributed by atoms with Crippen LogP contribution < -0.4 is 5.73 Å². The van der Waals surface area contributed by atoms with Gasteiger partial charge in [-0.25, -0.2) is 0 Å². The van der Waals surface area contributed by atoms with Gasteiger partial charge in [0.25, 0.3) is 0 Å². The van der Waals surface area contributed by atoms with Gasteiger partial charge >= 0.3 is 0 Å². The van der Waals surface area contributed by atoms with Crippen LogP contribution in [-0.4, -0.2) is 15.2 Å². The quantitative estimate of drug-likeness (QED) is 0.857. The van der Waals surface area contributed by atoms with Crippen LogP contribution in [0, 0.1) is 5.92 Å². The summed E-state index contributed by atoms with van der Waals surface area (Å²) in [5.41, 5.74) is 7.10. The molecule has 1 heterocycles. The van der Waals surface area contributed by atoms with Crippen molar-refractivity contribution in [2.24, 2.45) is 11.7 Å². The van der Waals surface area contributed by atoms with Crippen LogP contribution >= 0.6 is 0 Å². The van der Waals surface area contributed by atoms with Gasteiger partial charge in [-0.2, -0.15) is 4.98 Å². The minimum atomic E-state index is -0.301. The molecule has 1 unspecified atom stereocenters. The molecule has 19 heavy (non-hydrogen) atoms. The first kappa shape index (κ1) is 12.2. The largest absolute Gasteiger partial charge is 0.508 e. The summed E-state index contributed by atoms with van der Waals surface area (Å²) in [6.45, 7) is 0. The molecule has 0 aliphatic heterocycles. The molecule has 0 saturated heterocycles. The number of phenols is 1. The van der Waals surface area contributed by atoms with E-state index in [-0.39, 0.29) is 11.8 Å². The lowest BCUT2D eigenvalue weighted by Gasteiger charge is -2.06. The third-order valence-corrected chi connectivity index (χ3v) is 3.36. The molecule has 1 aliphatic rings. The number of hydrogen-bond acceptors (Lipinski definition) is 5. The molecule has 1 atom stereocenters. The van der Waals surface area contributed by atoms with E-state index in [1.807, 2.05) is 12.1 Å². The molecular weight excluding hydrogens is 242 g/mol. The zero-order valence-electron chi connectivity index (χ0n) is 10.6. The number of aromatic hydroxyl groups is 1. The van der Waals surface area contributed by atoms with Crippen molar-refractivity contribution in [2.45, 2.75) is 31.7 Å². The Balaban J connectivity index is 1.63. The van der Waals surface area contributed by atoms with Crippen LogP contribution in [0.25, 0.3) is 0 Å². The van der Waals surface area contributed by atoms with Gasteiger partial charge in [0.15, 0.2) is 5.82 Å². The van der Waals surface area contributed by atoms with E-state index in [1.54, 1.807) is 12.1 Å². The average molecular weight is 259 g/mol. The highest BCUT2D eigenvalue weighted by atomic mass is 16.5. The Morgan fingerprint density at radius 3 is 2.74 bits per heavy atom. The van der Waals surface area contributed by atoms with Gasteiger partial charge in [0.2, 0.25) is 5.89 Å². The minimum Gasteiger partial charge on any atom is -0.508 e. The lowest BCUT2D eigenvalue weighted by Crippen LogP contribution is -2.13. The summed E-state index contributed by atoms with van der Waals surface area (Å²) >= 11 is 0. The fraction of sp³-hybridized carbons (Fsp3) is 0.429. The summed E-state index contributed by atoms with van der Waals surface area (Å²) in [5, 5.41) is 13.2. The van der Waals surface area contributed by atoms with Crippen molar-refractivity contribution in [3.63, 3.8) is 0 Å². The van der Waals surface area contributed by atoms with Crippen molar-refractivity contribution in [3.05, 3.63) is 41.5 Å². The molecule has 1 saturated carbocycles. The number of nitrogens with two attached hydrogens (primary N) is 1. The van der Waals surface area contributed by atoms with Gasteiger partial charge in [-0.05, 0) is 42.9 Å². The number of aromatic nitrogens is 2. The van der Waals surface area contributed by atoms with E-state index < -0.39 is 0 Å². The number of phenolic OH excluding ortho intramolecular Hbond substituents is 1. The monoisotopic (exact) mass is 259 g/mol. The summed E-state index contributed by atoms with van der Waals surface area (Å²) in [4.78, 5) is 4.35. The van der Waals surface area contributed by atoms with Gasteiger partial charge < -0.3 is 15.4 Å². The van der Waals surface area contributed by atoms with E-state index in [2.05, 4.69) is 10.1 Å². The van der Waals surface area contributed by atoms with Gasteiger partial charge in [-0.3, -0.25) is 0 Å². The highest BCUT2D eigenvalue weighted by Crippen LogP contribution is 2.32. The summed E-state index contributed by atoms with van der Waals surface area (Å²) in [6.07, 6.45) is 4.05. The molecule has 1 aromatic heterocycles.